The van der Waals surface area contributed by atoms with E-state index < -0.39 is 18.0 Å². The molecule has 22 heavy (non-hydrogen) atoms. The number of carbonyl (C=O) groups excluding carboxylic acids is 1. The highest BCUT2D eigenvalue weighted by molar-refractivity contribution is 6.06. The fraction of sp³-hybridized carbons (Fsp3) is 0.375. The maximum atomic E-state index is 12.1. The van der Waals surface area contributed by atoms with Crippen LogP contribution in [0.5, 0.6) is 5.75 Å². The van der Waals surface area contributed by atoms with Crippen LogP contribution in [-0.4, -0.2) is 46.2 Å². The highest BCUT2D eigenvalue weighted by atomic mass is 16.5. The predicted molar refractivity (Wildman–Crippen MR) is 78.0 cm³/mol. The van der Waals surface area contributed by atoms with Crippen LogP contribution in [0.15, 0.2) is 30.0 Å². The van der Waals surface area contributed by atoms with Crippen LogP contribution in [0.2, 0.25) is 0 Å². The number of carboxylic acid groups (broad SMARTS) is 1. The van der Waals surface area contributed by atoms with E-state index in [1.165, 1.54) is 4.90 Å². The Labute approximate surface area is 127 Å². The molecule has 1 saturated heterocycles. The lowest BCUT2D eigenvalue weighted by Gasteiger charge is -2.44. The van der Waals surface area contributed by atoms with Gasteiger partial charge < -0.3 is 19.8 Å². The van der Waals surface area contributed by atoms with Crippen molar-refractivity contribution in [2.75, 3.05) is 7.11 Å². The van der Waals surface area contributed by atoms with Gasteiger partial charge in [0.15, 0.2) is 0 Å². The quantitative estimate of drug-likeness (QED) is 0.813. The lowest BCUT2D eigenvalue weighted by Crippen LogP contribution is -2.61. The molecule has 2 heterocycles. The van der Waals surface area contributed by atoms with Crippen molar-refractivity contribution in [1.82, 2.24) is 4.90 Å². The average molecular weight is 303 g/mol. The van der Waals surface area contributed by atoms with Crippen LogP contribution in [0.1, 0.15) is 18.9 Å². The minimum Gasteiger partial charge on any atom is -0.497 e. The van der Waals surface area contributed by atoms with Gasteiger partial charge in [0.05, 0.1) is 25.2 Å². The van der Waals surface area contributed by atoms with E-state index in [-0.39, 0.29) is 17.6 Å². The number of hydrogen-bond donors (Lipinski definition) is 2. The summed E-state index contributed by atoms with van der Waals surface area (Å²) in [4.78, 5) is 25.0. The van der Waals surface area contributed by atoms with E-state index in [0.717, 1.165) is 5.56 Å². The van der Waals surface area contributed by atoms with Gasteiger partial charge in [-0.1, -0.05) is 12.1 Å². The number of benzene rings is 1. The average Bonchev–Trinajstić information content (AvgIpc) is 2.82. The number of carbonyl (C=O) groups is 2. The lowest BCUT2D eigenvalue weighted by molar-refractivity contribution is -0.161. The Balaban J connectivity index is 2.03. The van der Waals surface area contributed by atoms with Crippen molar-refractivity contribution in [3.05, 3.63) is 35.5 Å². The van der Waals surface area contributed by atoms with Gasteiger partial charge in [-0.05, 0) is 36.6 Å². The Bertz CT molecular complexity index is 679. The Morgan fingerprint density at radius 3 is 2.77 bits per heavy atom. The summed E-state index contributed by atoms with van der Waals surface area (Å²) >= 11 is 0. The second kappa shape index (κ2) is 5.14. The monoisotopic (exact) mass is 303 g/mol. The summed E-state index contributed by atoms with van der Waals surface area (Å²) in [6.45, 7) is 1.56. The van der Waals surface area contributed by atoms with Crippen molar-refractivity contribution in [3.8, 4) is 5.75 Å². The number of methoxy groups -OCH3 is 1. The first-order chi connectivity index (χ1) is 10.5. The number of fused-ring (bicyclic) bond motifs is 1. The number of hydrogen-bond acceptors (Lipinski definition) is 4. The van der Waals surface area contributed by atoms with Crippen LogP contribution < -0.4 is 4.74 Å². The number of aliphatic carboxylic acids is 1. The molecule has 2 aliphatic heterocycles. The fourth-order valence-electron chi connectivity index (χ4n) is 3.34. The Hall–Kier alpha value is -2.34. The molecule has 0 saturated carbocycles. The summed E-state index contributed by atoms with van der Waals surface area (Å²) in [5.74, 6) is -1.35. The molecule has 6 nitrogen and oxygen atoms in total. The first-order valence-corrected chi connectivity index (χ1v) is 7.07. The number of ether oxygens (including phenoxy) is 1. The number of amides is 1. The maximum Gasteiger partial charge on any atom is 0.352 e. The normalized spacial score (nSPS) is 24.9. The smallest absolute Gasteiger partial charge is 0.352 e. The zero-order valence-electron chi connectivity index (χ0n) is 12.3. The van der Waals surface area contributed by atoms with Crippen LogP contribution in [0.25, 0.3) is 5.57 Å². The van der Waals surface area contributed by atoms with Crippen molar-refractivity contribution in [2.45, 2.75) is 25.5 Å². The molecule has 2 aliphatic rings. The first kappa shape index (κ1) is 14.6. The molecule has 1 amide bonds. The summed E-state index contributed by atoms with van der Waals surface area (Å²) in [7, 11) is 1.54. The van der Waals surface area contributed by atoms with Crippen LogP contribution >= 0.6 is 0 Å². The maximum absolute atomic E-state index is 12.1. The van der Waals surface area contributed by atoms with Gasteiger partial charge in [-0.25, -0.2) is 4.79 Å². The molecule has 3 atom stereocenters. The van der Waals surface area contributed by atoms with Gasteiger partial charge in [-0.15, -0.1) is 0 Å². The van der Waals surface area contributed by atoms with E-state index in [2.05, 4.69) is 0 Å². The summed E-state index contributed by atoms with van der Waals surface area (Å²) in [5.41, 5.74) is 1.34. The lowest BCUT2D eigenvalue weighted by atomic mass is 9.82. The molecular weight excluding hydrogens is 286 g/mol. The first-order valence-electron chi connectivity index (χ1n) is 7.07. The highest BCUT2D eigenvalue weighted by Crippen LogP contribution is 2.47. The predicted octanol–water partition coefficient (Wildman–Crippen LogP) is 1.10. The SMILES string of the molecule is COc1cccc(C2=C(C(=O)O)N3C(=O)[C@H]([C@@H](C)O)[C@H]3C2)c1. The van der Waals surface area contributed by atoms with Crippen LogP contribution in [-0.2, 0) is 9.59 Å². The minimum atomic E-state index is -1.13. The second-order valence-corrected chi connectivity index (χ2v) is 5.61. The van der Waals surface area contributed by atoms with Crippen molar-refractivity contribution >= 4 is 17.4 Å². The molecule has 1 aromatic rings. The Morgan fingerprint density at radius 2 is 2.18 bits per heavy atom. The van der Waals surface area contributed by atoms with Gasteiger partial charge in [0, 0.05) is 0 Å². The number of aliphatic hydroxyl groups excluding tert-OH is 1. The Kier molecular flexibility index (Phi) is 3.41. The van der Waals surface area contributed by atoms with Crippen molar-refractivity contribution in [1.29, 1.82) is 0 Å². The van der Waals surface area contributed by atoms with Gasteiger partial charge in [0.2, 0.25) is 5.91 Å². The fourth-order valence-corrected chi connectivity index (χ4v) is 3.34. The largest absolute Gasteiger partial charge is 0.497 e. The van der Waals surface area contributed by atoms with Gasteiger partial charge in [0.25, 0.3) is 0 Å². The molecule has 0 radical (unpaired) electrons. The number of β-lactam (4-membered cyclic amide) rings is 1. The molecular formula is C16H17NO5. The van der Waals surface area contributed by atoms with Crippen LogP contribution in [0, 0.1) is 5.92 Å². The minimum absolute atomic E-state index is 0.0140. The Morgan fingerprint density at radius 1 is 1.45 bits per heavy atom. The number of rotatable bonds is 4. The molecule has 0 bridgehead atoms. The summed E-state index contributed by atoms with van der Waals surface area (Å²) in [6, 6.07) is 6.84. The molecule has 2 N–H and O–H groups in total. The standard InChI is InChI=1S/C16H17NO5/c1-8(18)13-12-7-11(9-4-3-5-10(6-9)22-2)14(16(20)21)17(12)15(13)19/h3-6,8,12-13,18H,7H2,1-2H3,(H,20,21)/t8-,12-,13-/m1/s1. The third kappa shape index (κ3) is 1.99. The van der Waals surface area contributed by atoms with Gasteiger partial charge >= 0.3 is 5.97 Å². The van der Waals surface area contributed by atoms with E-state index in [1.807, 2.05) is 0 Å². The molecule has 6 heteroatoms. The van der Waals surface area contributed by atoms with Crippen molar-refractivity contribution in [2.24, 2.45) is 5.92 Å². The third-order valence-electron chi connectivity index (χ3n) is 4.35. The molecule has 1 aromatic carbocycles. The molecule has 3 rings (SSSR count). The second-order valence-electron chi connectivity index (χ2n) is 5.61. The van der Waals surface area contributed by atoms with E-state index in [9.17, 15) is 19.8 Å². The van der Waals surface area contributed by atoms with E-state index in [0.29, 0.717) is 17.7 Å². The molecule has 1 fully saturated rings. The van der Waals surface area contributed by atoms with Crippen molar-refractivity contribution < 1.29 is 24.5 Å². The van der Waals surface area contributed by atoms with Crippen LogP contribution in [0.3, 0.4) is 0 Å². The van der Waals surface area contributed by atoms with Crippen LogP contribution in [0.4, 0.5) is 0 Å². The summed E-state index contributed by atoms with van der Waals surface area (Å²) in [5, 5.41) is 19.2. The zero-order chi connectivity index (χ0) is 16.0. The zero-order valence-corrected chi connectivity index (χ0v) is 12.3. The van der Waals surface area contributed by atoms with Crippen molar-refractivity contribution in [3.63, 3.8) is 0 Å². The molecule has 0 unspecified atom stereocenters. The highest BCUT2D eigenvalue weighted by Gasteiger charge is 2.56. The van der Waals surface area contributed by atoms with Gasteiger partial charge in [0.1, 0.15) is 11.4 Å². The van der Waals surface area contributed by atoms with E-state index in [1.54, 1.807) is 38.3 Å². The van der Waals surface area contributed by atoms with Gasteiger partial charge in [-0.2, -0.15) is 0 Å². The number of nitrogens with zero attached hydrogens (tertiary/aromatic N) is 1. The number of carboxylic acids is 1. The molecule has 0 spiro atoms. The molecule has 0 aromatic heterocycles. The number of aliphatic hydroxyl groups is 1. The summed E-state index contributed by atoms with van der Waals surface area (Å²) in [6.07, 6.45) is -0.357. The van der Waals surface area contributed by atoms with E-state index >= 15 is 0 Å². The van der Waals surface area contributed by atoms with E-state index in [4.69, 9.17) is 4.74 Å². The van der Waals surface area contributed by atoms with Gasteiger partial charge in [-0.3, -0.25) is 4.79 Å². The summed E-state index contributed by atoms with van der Waals surface area (Å²) < 4.78 is 5.17. The topological polar surface area (TPSA) is 87.1 Å². The third-order valence-corrected chi connectivity index (χ3v) is 4.35. The molecule has 116 valence electrons. The molecule has 0 aliphatic carbocycles.